The summed E-state index contributed by atoms with van der Waals surface area (Å²) < 4.78 is 7.36. The standard InChI is InChI=1S/C23H22ClN3O2/c24-19-11-8-17(9-12-19)23-18(16-27(26-23)20-5-2-1-3-6-20)10-13-22(28)25-15-21-7-4-14-29-21/h1-3,5-6,8-13,16,21H,4,7,14-15H2,(H,25,28)/b13-10+/t21-/m0/s1. The molecule has 3 aromatic rings. The molecule has 1 atom stereocenters. The fourth-order valence-electron chi connectivity index (χ4n) is 3.30. The molecule has 1 N–H and O–H groups in total. The Hall–Kier alpha value is -2.89. The van der Waals surface area contributed by atoms with Crippen LogP contribution in [0.1, 0.15) is 18.4 Å². The number of carbonyl (C=O) groups is 1. The predicted molar refractivity (Wildman–Crippen MR) is 115 cm³/mol. The largest absolute Gasteiger partial charge is 0.376 e. The third-order valence-electron chi connectivity index (χ3n) is 4.82. The SMILES string of the molecule is O=C(/C=C/c1cn(-c2ccccc2)nc1-c1ccc(Cl)cc1)NC[C@@H]1CCCO1. The van der Waals surface area contributed by atoms with Crippen molar-refractivity contribution in [2.45, 2.75) is 18.9 Å². The van der Waals surface area contributed by atoms with E-state index in [1.807, 2.05) is 65.5 Å². The quantitative estimate of drug-likeness (QED) is 0.612. The number of nitrogens with zero attached hydrogens (tertiary/aromatic N) is 2. The molecule has 0 aliphatic carbocycles. The average molecular weight is 408 g/mol. The molecule has 2 heterocycles. The molecule has 5 nitrogen and oxygen atoms in total. The maximum Gasteiger partial charge on any atom is 0.244 e. The van der Waals surface area contributed by atoms with Crippen molar-refractivity contribution in [2.75, 3.05) is 13.2 Å². The molecule has 0 saturated carbocycles. The van der Waals surface area contributed by atoms with Crippen LogP contribution in [0.3, 0.4) is 0 Å². The van der Waals surface area contributed by atoms with Crippen LogP contribution < -0.4 is 5.32 Å². The van der Waals surface area contributed by atoms with Crippen molar-refractivity contribution in [3.63, 3.8) is 0 Å². The van der Waals surface area contributed by atoms with Gasteiger partial charge in [0, 0.05) is 41.6 Å². The number of ether oxygens (including phenoxy) is 1. The molecule has 0 radical (unpaired) electrons. The van der Waals surface area contributed by atoms with Gasteiger partial charge in [-0.15, -0.1) is 0 Å². The summed E-state index contributed by atoms with van der Waals surface area (Å²) in [6.07, 6.45) is 7.43. The number of hydrogen-bond donors (Lipinski definition) is 1. The molecule has 0 unspecified atom stereocenters. The summed E-state index contributed by atoms with van der Waals surface area (Å²) in [6.45, 7) is 1.32. The zero-order valence-corrected chi connectivity index (χ0v) is 16.7. The number of amides is 1. The number of hydrogen-bond acceptors (Lipinski definition) is 3. The summed E-state index contributed by atoms with van der Waals surface area (Å²) >= 11 is 6.03. The lowest BCUT2D eigenvalue weighted by Crippen LogP contribution is -2.30. The van der Waals surface area contributed by atoms with Crippen LogP contribution in [0.4, 0.5) is 0 Å². The van der Waals surface area contributed by atoms with Gasteiger partial charge in [-0.05, 0) is 43.2 Å². The Balaban J connectivity index is 1.57. The zero-order chi connectivity index (χ0) is 20.1. The number of rotatable bonds is 6. The number of carbonyl (C=O) groups excluding carboxylic acids is 1. The van der Waals surface area contributed by atoms with Gasteiger partial charge in [-0.25, -0.2) is 4.68 Å². The molecule has 1 aromatic heterocycles. The van der Waals surface area contributed by atoms with Gasteiger partial charge in [-0.3, -0.25) is 4.79 Å². The number of para-hydroxylation sites is 1. The second-order valence-corrected chi connectivity index (χ2v) is 7.37. The Morgan fingerprint density at radius 1 is 1.21 bits per heavy atom. The summed E-state index contributed by atoms with van der Waals surface area (Å²) in [5.74, 6) is -0.144. The van der Waals surface area contributed by atoms with Gasteiger partial charge in [-0.2, -0.15) is 5.10 Å². The number of halogens is 1. The first-order valence-corrected chi connectivity index (χ1v) is 10.1. The molecule has 1 amide bonds. The van der Waals surface area contributed by atoms with Crippen LogP contribution in [-0.4, -0.2) is 34.9 Å². The van der Waals surface area contributed by atoms with E-state index in [4.69, 9.17) is 21.4 Å². The van der Waals surface area contributed by atoms with Crippen LogP contribution in [0.5, 0.6) is 0 Å². The number of aromatic nitrogens is 2. The van der Waals surface area contributed by atoms with Gasteiger partial charge in [0.25, 0.3) is 0 Å². The van der Waals surface area contributed by atoms with Gasteiger partial charge in [-0.1, -0.05) is 41.9 Å². The van der Waals surface area contributed by atoms with Crippen molar-refractivity contribution in [3.8, 4) is 16.9 Å². The highest BCUT2D eigenvalue weighted by atomic mass is 35.5. The van der Waals surface area contributed by atoms with Crippen LogP contribution in [0.2, 0.25) is 5.02 Å². The highest BCUT2D eigenvalue weighted by Crippen LogP contribution is 2.26. The van der Waals surface area contributed by atoms with E-state index in [-0.39, 0.29) is 12.0 Å². The Morgan fingerprint density at radius 3 is 2.72 bits per heavy atom. The highest BCUT2D eigenvalue weighted by Gasteiger charge is 2.16. The second kappa shape index (κ2) is 9.07. The lowest BCUT2D eigenvalue weighted by molar-refractivity contribution is -0.116. The summed E-state index contributed by atoms with van der Waals surface area (Å²) in [7, 11) is 0. The van der Waals surface area contributed by atoms with E-state index in [9.17, 15) is 4.79 Å². The first-order chi connectivity index (χ1) is 14.2. The Bertz CT molecular complexity index is 991. The fourth-order valence-corrected chi connectivity index (χ4v) is 3.42. The summed E-state index contributed by atoms with van der Waals surface area (Å²) in [4.78, 5) is 12.2. The van der Waals surface area contributed by atoms with E-state index < -0.39 is 0 Å². The van der Waals surface area contributed by atoms with E-state index in [1.54, 1.807) is 12.2 Å². The Morgan fingerprint density at radius 2 is 2.00 bits per heavy atom. The molecule has 1 saturated heterocycles. The van der Waals surface area contributed by atoms with Crippen LogP contribution in [0, 0.1) is 0 Å². The van der Waals surface area contributed by atoms with Gasteiger partial charge >= 0.3 is 0 Å². The molecule has 0 bridgehead atoms. The topological polar surface area (TPSA) is 56.2 Å². The molecule has 2 aromatic carbocycles. The van der Waals surface area contributed by atoms with Gasteiger partial charge in [0.15, 0.2) is 0 Å². The maximum absolute atomic E-state index is 12.2. The first-order valence-electron chi connectivity index (χ1n) is 9.67. The highest BCUT2D eigenvalue weighted by molar-refractivity contribution is 6.30. The fraction of sp³-hybridized carbons (Fsp3) is 0.217. The minimum absolute atomic E-state index is 0.123. The minimum Gasteiger partial charge on any atom is -0.376 e. The van der Waals surface area contributed by atoms with Gasteiger partial charge in [0.2, 0.25) is 5.91 Å². The summed E-state index contributed by atoms with van der Waals surface area (Å²) in [5.41, 5.74) is 3.52. The summed E-state index contributed by atoms with van der Waals surface area (Å²) in [6, 6.07) is 17.4. The Labute approximate surface area is 175 Å². The van der Waals surface area contributed by atoms with E-state index in [2.05, 4.69) is 5.32 Å². The molecular weight excluding hydrogens is 386 g/mol. The van der Waals surface area contributed by atoms with Crippen LogP contribution in [-0.2, 0) is 9.53 Å². The van der Waals surface area contributed by atoms with E-state index in [1.165, 1.54) is 0 Å². The normalized spacial score (nSPS) is 16.4. The van der Waals surface area contributed by atoms with Crippen LogP contribution >= 0.6 is 11.6 Å². The molecule has 1 aliphatic heterocycles. The van der Waals surface area contributed by atoms with E-state index in [0.717, 1.165) is 42.0 Å². The van der Waals surface area contributed by atoms with Crippen LogP contribution in [0.25, 0.3) is 23.0 Å². The predicted octanol–water partition coefficient (Wildman–Crippen LogP) is 4.50. The van der Waals surface area contributed by atoms with Crippen molar-refractivity contribution in [2.24, 2.45) is 0 Å². The molecule has 1 fully saturated rings. The van der Waals surface area contributed by atoms with Crippen LogP contribution in [0.15, 0.2) is 66.9 Å². The second-order valence-electron chi connectivity index (χ2n) is 6.93. The van der Waals surface area contributed by atoms with Gasteiger partial charge < -0.3 is 10.1 Å². The average Bonchev–Trinajstić information content (AvgIpc) is 3.42. The van der Waals surface area contributed by atoms with E-state index in [0.29, 0.717) is 11.6 Å². The summed E-state index contributed by atoms with van der Waals surface area (Å²) in [5, 5.41) is 8.31. The monoisotopic (exact) mass is 407 g/mol. The third-order valence-corrected chi connectivity index (χ3v) is 5.08. The zero-order valence-electron chi connectivity index (χ0n) is 15.9. The first kappa shape index (κ1) is 19.4. The molecule has 6 heteroatoms. The van der Waals surface area contributed by atoms with Crippen molar-refractivity contribution >= 4 is 23.6 Å². The molecule has 29 heavy (non-hydrogen) atoms. The third kappa shape index (κ3) is 4.94. The van der Waals surface area contributed by atoms with Gasteiger partial charge in [0.1, 0.15) is 0 Å². The van der Waals surface area contributed by atoms with Crippen molar-refractivity contribution < 1.29 is 9.53 Å². The van der Waals surface area contributed by atoms with Crippen molar-refractivity contribution in [3.05, 3.63) is 77.5 Å². The van der Waals surface area contributed by atoms with Crippen molar-refractivity contribution in [1.82, 2.24) is 15.1 Å². The minimum atomic E-state index is -0.144. The molecule has 0 spiro atoms. The van der Waals surface area contributed by atoms with Crippen molar-refractivity contribution in [1.29, 1.82) is 0 Å². The number of benzene rings is 2. The van der Waals surface area contributed by atoms with Gasteiger partial charge in [0.05, 0.1) is 17.5 Å². The Kier molecular flexibility index (Phi) is 6.08. The smallest absolute Gasteiger partial charge is 0.244 e. The molecule has 1 aliphatic rings. The molecule has 148 valence electrons. The lowest BCUT2D eigenvalue weighted by atomic mass is 10.1. The molecular formula is C23H22ClN3O2. The maximum atomic E-state index is 12.2. The molecule has 4 rings (SSSR count). The lowest BCUT2D eigenvalue weighted by Gasteiger charge is -2.08. The number of nitrogens with one attached hydrogen (secondary N) is 1. The van der Waals surface area contributed by atoms with E-state index >= 15 is 0 Å².